The first kappa shape index (κ1) is 10.6. The van der Waals surface area contributed by atoms with Crippen molar-refractivity contribution < 1.29 is 4.79 Å². The van der Waals surface area contributed by atoms with Gasteiger partial charge in [0.05, 0.1) is 18.2 Å². The first-order valence-corrected chi connectivity index (χ1v) is 3.46. The van der Waals surface area contributed by atoms with Gasteiger partial charge in [-0.05, 0) is 13.0 Å². The minimum Gasteiger partial charge on any atom is -0.330 e. The molecule has 0 aliphatic carbocycles. The van der Waals surface area contributed by atoms with Gasteiger partial charge in [-0.15, -0.1) is 0 Å². The summed E-state index contributed by atoms with van der Waals surface area (Å²) >= 11 is 0. The predicted octanol–water partition coefficient (Wildman–Crippen LogP) is -1.11. The van der Waals surface area contributed by atoms with E-state index in [1.807, 2.05) is 0 Å². The number of hydrogen-bond donors (Lipinski definition) is 2. The molecule has 0 saturated carbocycles. The molecule has 0 radical (unpaired) electrons. The van der Waals surface area contributed by atoms with E-state index in [0.29, 0.717) is 6.42 Å². The fourth-order valence-corrected chi connectivity index (χ4v) is 0.692. The monoisotopic (exact) mass is 166 g/mol. The molecule has 0 bridgehead atoms. The Labute approximate surface area is 70.6 Å². The minimum absolute atomic E-state index is 0.274. The Hall–Kier alpha value is -1.43. The van der Waals surface area contributed by atoms with Crippen LogP contribution in [0.2, 0.25) is 0 Å². The van der Waals surface area contributed by atoms with Gasteiger partial charge in [-0.3, -0.25) is 4.79 Å². The Morgan fingerprint density at radius 2 is 1.92 bits per heavy atom. The molecule has 0 saturated heterocycles. The molecule has 0 spiro atoms. The molecular weight excluding hydrogens is 156 g/mol. The molecule has 0 fully saturated rings. The van der Waals surface area contributed by atoms with Crippen LogP contribution in [0.1, 0.15) is 6.42 Å². The molecule has 12 heavy (non-hydrogen) atoms. The highest BCUT2D eigenvalue weighted by atomic mass is 16.1. The van der Waals surface area contributed by atoms with Crippen LogP contribution in [-0.2, 0) is 4.79 Å². The van der Waals surface area contributed by atoms with Crippen molar-refractivity contribution >= 4 is 5.78 Å². The Balaban J connectivity index is 4.21. The quantitative estimate of drug-likeness (QED) is 0.549. The molecule has 0 aliphatic rings. The summed E-state index contributed by atoms with van der Waals surface area (Å²) in [4.78, 5) is 11.1. The third-order valence-corrected chi connectivity index (χ3v) is 1.39. The van der Waals surface area contributed by atoms with Crippen LogP contribution < -0.4 is 11.5 Å². The van der Waals surface area contributed by atoms with Crippen LogP contribution in [0.15, 0.2) is 0 Å². The zero-order valence-corrected chi connectivity index (χ0v) is 6.53. The molecule has 64 valence electrons. The lowest BCUT2D eigenvalue weighted by atomic mass is 9.99. The van der Waals surface area contributed by atoms with Gasteiger partial charge in [-0.25, -0.2) is 0 Å². The summed E-state index contributed by atoms with van der Waals surface area (Å²) in [5, 5.41) is 16.7. The van der Waals surface area contributed by atoms with Gasteiger partial charge in [0.15, 0.2) is 11.7 Å². The van der Waals surface area contributed by atoms with Crippen molar-refractivity contribution in [1.29, 1.82) is 10.5 Å². The Morgan fingerprint density at radius 1 is 1.42 bits per heavy atom. The van der Waals surface area contributed by atoms with Gasteiger partial charge in [-0.2, -0.15) is 10.5 Å². The second-order valence-corrected chi connectivity index (χ2v) is 2.28. The van der Waals surface area contributed by atoms with Crippen molar-refractivity contribution in [2.75, 3.05) is 6.54 Å². The predicted molar refractivity (Wildman–Crippen MR) is 41.4 cm³/mol. The van der Waals surface area contributed by atoms with E-state index in [9.17, 15) is 4.79 Å². The van der Waals surface area contributed by atoms with E-state index in [0.717, 1.165) is 0 Å². The molecule has 0 rings (SSSR count). The molecule has 0 aromatic rings. The van der Waals surface area contributed by atoms with E-state index in [4.69, 9.17) is 22.0 Å². The van der Waals surface area contributed by atoms with Crippen LogP contribution >= 0.6 is 0 Å². The van der Waals surface area contributed by atoms with Crippen molar-refractivity contribution in [3.63, 3.8) is 0 Å². The second-order valence-electron chi connectivity index (χ2n) is 2.28. The van der Waals surface area contributed by atoms with Crippen LogP contribution in [0.3, 0.4) is 0 Å². The van der Waals surface area contributed by atoms with E-state index in [2.05, 4.69) is 0 Å². The SMILES string of the molecule is N#CC(C#N)C(=O)C(N)CCN. The van der Waals surface area contributed by atoms with Crippen molar-refractivity contribution in [2.24, 2.45) is 17.4 Å². The smallest absolute Gasteiger partial charge is 0.192 e. The van der Waals surface area contributed by atoms with Gasteiger partial charge in [-0.1, -0.05) is 0 Å². The number of Topliss-reactive ketones (excluding diaryl/α,β-unsaturated/α-hetero) is 1. The Bertz CT molecular complexity index is 223. The van der Waals surface area contributed by atoms with E-state index >= 15 is 0 Å². The molecule has 5 heteroatoms. The maximum absolute atomic E-state index is 11.1. The summed E-state index contributed by atoms with van der Waals surface area (Å²) in [6.07, 6.45) is 0.304. The summed E-state index contributed by atoms with van der Waals surface area (Å²) < 4.78 is 0. The maximum Gasteiger partial charge on any atom is 0.192 e. The van der Waals surface area contributed by atoms with E-state index in [1.165, 1.54) is 0 Å². The standard InChI is InChI=1S/C7H10N4O/c8-2-1-6(11)7(12)5(3-9)4-10/h5-6H,1-2,8,11H2. The second kappa shape index (κ2) is 5.25. The molecule has 0 aromatic heterocycles. The lowest BCUT2D eigenvalue weighted by Crippen LogP contribution is -2.36. The highest BCUT2D eigenvalue weighted by molar-refractivity contribution is 5.90. The van der Waals surface area contributed by atoms with Gasteiger partial charge in [0.1, 0.15) is 0 Å². The molecule has 0 amide bonds. The largest absolute Gasteiger partial charge is 0.330 e. The Morgan fingerprint density at radius 3 is 2.25 bits per heavy atom. The highest BCUT2D eigenvalue weighted by Crippen LogP contribution is 2.00. The summed E-state index contributed by atoms with van der Waals surface area (Å²) in [5.41, 5.74) is 10.5. The number of nitriles is 2. The summed E-state index contributed by atoms with van der Waals surface area (Å²) in [5.74, 6) is -1.81. The van der Waals surface area contributed by atoms with Gasteiger partial charge in [0.25, 0.3) is 0 Å². The minimum atomic E-state index is -1.26. The number of nitrogens with zero attached hydrogens (tertiary/aromatic N) is 2. The summed E-state index contributed by atoms with van der Waals surface area (Å²) in [7, 11) is 0. The Kier molecular flexibility index (Phi) is 4.62. The third-order valence-electron chi connectivity index (χ3n) is 1.39. The van der Waals surface area contributed by atoms with Crippen LogP contribution in [0.4, 0.5) is 0 Å². The average molecular weight is 166 g/mol. The van der Waals surface area contributed by atoms with Crippen LogP contribution in [-0.4, -0.2) is 18.4 Å². The van der Waals surface area contributed by atoms with Crippen molar-refractivity contribution in [1.82, 2.24) is 0 Å². The van der Waals surface area contributed by atoms with Gasteiger partial charge < -0.3 is 11.5 Å². The molecular formula is C7H10N4O. The first-order valence-electron chi connectivity index (χ1n) is 3.46. The number of rotatable bonds is 4. The van der Waals surface area contributed by atoms with Crippen LogP contribution in [0.5, 0.6) is 0 Å². The van der Waals surface area contributed by atoms with Crippen molar-refractivity contribution in [2.45, 2.75) is 12.5 Å². The normalized spacial score (nSPS) is 11.8. The third kappa shape index (κ3) is 2.67. The number of hydrogen-bond acceptors (Lipinski definition) is 5. The fraction of sp³-hybridized carbons (Fsp3) is 0.571. The lowest BCUT2D eigenvalue weighted by Gasteiger charge is -2.07. The molecule has 1 atom stereocenters. The number of carbonyl (C=O) groups is 1. The molecule has 0 heterocycles. The zero-order valence-electron chi connectivity index (χ0n) is 6.53. The van der Waals surface area contributed by atoms with Crippen molar-refractivity contribution in [3.05, 3.63) is 0 Å². The first-order chi connectivity index (χ1) is 5.67. The molecule has 5 nitrogen and oxygen atoms in total. The average Bonchev–Trinajstić information content (AvgIpc) is 2.07. The summed E-state index contributed by atoms with van der Waals surface area (Å²) in [6, 6.07) is 2.33. The van der Waals surface area contributed by atoms with Crippen LogP contribution in [0.25, 0.3) is 0 Å². The number of nitrogens with two attached hydrogens (primary N) is 2. The van der Waals surface area contributed by atoms with E-state index < -0.39 is 17.7 Å². The number of carbonyl (C=O) groups excluding carboxylic acids is 1. The molecule has 1 unspecified atom stereocenters. The van der Waals surface area contributed by atoms with E-state index in [1.54, 1.807) is 12.1 Å². The van der Waals surface area contributed by atoms with E-state index in [-0.39, 0.29) is 6.54 Å². The summed E-state index contributed by atoms with van der Waals surface area (Å²) in [6.45, 7) is 0.274. The molecule has 4 N–H and O–H groups in total. The topological polar surface area (TPSA) is 117 Å². The number of ketones is 1. The lowest BCUT2D eigenvalue weighted by molar-refractivity contribution is -0.121. The van der Waals surface area contributed by atoms with Crippen LogP contribution in [0, 0.1) is 28.6 Å². The van der Waals surface area contributed by atoms with Gasteiger partial charge >= 0.3 is 0 Å². The molecule has 0 aliphatic heterocycles. The molecule has 0 aromatic carbocycles. The van der Waals surface area contributed by atoms with Gasteiger partial charge in [0, 0.05) is 0 Å². The highest BCUT2D eigenvalue weighted by Gasteiger charge is 2.22. The maximum atomic E-state index is 11.1. The zero-order chi connectivity index (χ0) is 9.56. The van der Waals surface area contributed by atoms with Crippen molar-refractivity contribution in [3.8, 4) is 12.1 Å². The van der Waals surface area contributed by atoms with Gasteiger partial charge in [0.2, 0.25) is 0 Å². The fourth-order valence-electron chi connectivity index (χ4n) is 0.692.